The molecule has 0 saturated heterocycles. The first-order chi connectivity index (χ1) is 12.1. The number of carbonyl (C=O) groups excluding carboxylic acids is 1. The zero-order chi connectivity index (χ0) is 18.1. The van der Waals surface area contributed by atoms with E-state index >= 15 is 0 Å². The molecule has 0 bridgehead atoms. The minimum Gasteiger partial charge on any atom is -0.494 e. The molecule has 0 aliphatic heterocycles. The molecule has 25 heavy (non-hydrogen) atoms. The van der Waals surface area contributed by atoms with Gasteiger partial charge in [-0.15, -0.1) is 0 Å². The fourth-order valence-electron chi connectivity index (χ4n) is 2.10. The van der Waals surface area contributed by atoms with Crippen molar-refractivity contribution in [3.8, 4) is 11.5 Å². The van der Waals surface area contributed by atoms with Crippen molar-refractivity contribution < 1.29 is 14.3 Å². The van der Waals surface area contributed by atoms with Gasteiger partial charge in [0.2, 0.25) is 0 Å². The Hall–Kier alpha value is -2.82. The van der Waals surface area contributed by atoms with Crippen LogP contribution in [0.1, 0.15) is 30.0 Å². The molecule has 0 fully saturated rings. The third-order valence-electron chi connectivity index (χ3n) is 3.67. The van der Waals surface area contributed by atoms with Crippen LogP contribution in [0.15, 0.2) is 47.6 Å². The topological polar surface area (TPSA) is 59.9 Å². The predicted molar refractivity (Wildman–Crippen MR) is 99.4 cm³/mol. The van der Waals surface area contributed by atoms with Crippen molar-refractivity contribution in [1.29, 1.82) is 0 Å². The second-order valence-electron chi connectivity index (χ2n) is 5.70. The van der Waals surface area contributed by atoms with Gasteiger partial charge in [-0.2, -0.15) is 5.10 Å². The Balaban J connectivity index is 1.79. The first kappa shape index (κ1) is 18.5. The Labute approximate surface area is 148 Å². The van der Waals surface area contributed by atoms with Gasteiger partial charge in [-0.1, -0.05) is 19.1 Å². The Morgan fingerprint density at radius 3 is 2.60 bits per heavy atom. The Kier molecular flexibility index (Phi) is 7.01. The summed E-state index contributed by atoms with van der Waals surface area (Å²) in [6.45, 7) is 6.66. The maximum Gasteiger partial charge on any atom is 0.277 e. The van der Waals surface area contributed by atoms with Gasteiger partial charge in [0.1, 0.15) is 11.5 Å². The highest BCUT2D eigenvalue weighted by Gasteiger charge is 2.05. The molecule has 0 aromatic heterocycles. The van der Waals surface area contributed by atoms with Crippen LogP contribution in [0.3, 0.4) is 0 Å². The van der Waals surface area contributed by atoms with Gasteiger partial charge in [0.15, 0.2) is 6.61 Å². The highest BCUT2D eigenvalue weighted by atomic mass is 16.5. The van der Waals surface area contributed by atoms with E-state index in [0.29, 0.717) is 12.4 Å². The molecule has 1 N–H and O–H groups in total. The number of nitrogens with zero attached hydrogens (tertiary/aromatic N) is 1. The van der Waals surface area contributed by atoms with Gasteiger partial charge in [-0.3, -0.25) is 4.79 Å². The van der Waals surface area contributed by atoms with Gasteiger partial charge in [0, 0.05) is 0 Å². The van der Waals surface area contributed by atoms with Crippen LogP contribution in [0, 0.1) is 13.8 Å². The molecule has 5 nitrogen and oxygen atoms in total. The van der Waals surface area contributed by atoms with Gasteiger partial charge in [-0.25, -0.2) is 5.43 Å². The van der Waals surface area contributed by atoms with Crippen molar-refractivity contribution in [2.75, 3.05) is 13.2 Å². The van der Waals surface area contributed by atoms with Crippen LogP contribution < -0.4 is 14.9 Å². The average molecular weight is 340 g/mol. The first-order valence-electron chi connectivity index (χ1n) is 8.34. The fourth-order valence-corrected chi connectivity index (χ4v) is 2.10. The van der Waals surface area contributed by atoms with Gasteiger partial charge >= 0.3 is 0 Å². The van der Waals surface area contributed by atoms with Crippen LogP contribution in [-0.4, -0.2) is 25.3 Å². The minimum atomic E-state index is -0.306. The molecule has 0 aliphatic carbocycles. The number of ether oxygens (including phenoxy) is 2. The van der Waals surface area contributed by atoms with Crippen LogP contribution in [0.25, 0.3) is 0 Å². The normalized spacial score (nSPS) is 10.7. The Morgan fingerprint density at radius 2 is 1.88 bits per heavy atom. The van der Waals surface area contributed by atoms with Crippen LogP contribution in [0.5, 0.6) is 11.5 Å². The molecule has 0 aliphatic rings. The SMILES string of the molecule is CCCOc1ccc(/C=N/NC(=O)COc2cccc(C)c2C)cc1. The zero-order valence-electron chi connectivity index (χ0n) is 14.9. The maximum absolute atomic E-state index is 11.8. The van der Waals surface area contributed by atoms with E-state index in [4.69, 9.17) is 9.47 Å². The van der Waals surface area contributed by atoms with E-state index in [2.05, 4.69) is 17.5 Å². The number of amides is 1. The third kappa shape index (κ3) is 5.95. The summed E-state index contributed by atoms with van der Waals surface area (Å²) in [5, 5.41) is 3.94. The molecule has 0 heterocycles. The standard InChI is InChI=1S/C20H24N2O3/c1-4-12-24-18-10-8-17(9-11-18)13-21-22-20(23)14-25-19-7-5-6-15(2)16(19)3/h5-11,13H,4,12,14H2,1-3H3,(H,22,23)/b21-13+. The van der Waals surface area contributed by atoms with Gasteiger partial charge in [0.25, 0.3) is 5.91 Å². The van der Waals surface area contributed by atoms with Gasteiger partial charge < -0.3 is 9.47 Å². The summed E-state index contributed by atoms with van der Waals surface area (Å²) in [5.41, 5.74) is 5.49. The quantitative estimate of drug-likeness (QED) is 0.590. The van der Waals surface area contributed by atoms with Gasteiger partial charge in [0.05, 0.1) is 12.8 Å². The van der Waals surface area contributed by atoms with Crippen molar-refractivity contribution in [3.05, 3.63) is 59.2 Å². The molecule has 0 radical (unpaired) electrons. The maximum atomic E-state index is 11.8. The first-order valence-corrected chi connectivity index (χ1v) is 8.34. The van der Waals surface area contributed by atoms with Gasteiger partial charge in [-0.05, 0) is 67.3 Å². The number of hydrogen-bond acceptors (Lipinski definition) is 4. The van der Waals surface area contributed by atoms with E-state index < -0.39 is 0 Å². The lowest BCUT2D eigenvalue weighted by Gasteiger charge is -2.09. The number of hydrogen-bond donors (Lipinski definition) is 1. The van der Waals surface area contributed by atoms with Crippen molar-refractivity contribution in [2.45, 2.75) is 27.2 Å². The molecule has 2 rings (SSSR count). The summed E-state index contributed by atoms with van der Waals surface area (Å²) in [6, 6.07) is 13.3. The highest BCUT2D eigenvalue weighted by Crippen LogP contribution is 2.20. The highest BCUT2D eigenvalue weighted by molar-refractivity contribution is 5.83. The number of carbonyl (C=O) groups is 1. The van der Waals surface area contributed by atoms with Crippen LogP contribution >= 0.6 is 0 Å². The summed E-state index contributed by atoms with van der Waals surface area (Å²) in [6.07, 6.45) is 2.55. The summed E-state index contributed by atoms with van der Waals surface area (Å²) >= 11 is 0. The van der Waals surface area contributed by atoms with Crippen molar-refractivity contribution >= 4 is 12.1 Å². The zero-order valence-corrected chi connectivity index (χ0v) is 14.9. The summed E-state index contributed by atoms with van der Waals surface area (Å²) in [5.74, 6) is 1.23. The van der Waals surface area contributed by atoms with Crippen LogP contribution in [0.4, 0.5) is 0 Å². The minimum absolute atomic E-state index is 0.0779. The average Bonchev–Trinajstić information content (AvgIpc) is 2.62. The third-order valence-corrected chi connectivity index (χ3v) is 3.67. The number of hydrazone groups is 1. The molecule has 5 heteroatoms. The van der Waals surface area contributed by atoms with E-state index in [1.165, 1.54) is 0 Å². The molecular weight excluding hydrogens is 316 g/mol. The largest absolute Gasteiger partial charge is 0.494 e. The predicted octanol–water partition coefficient (Wildman–Crippen LogP) is 3.62. The fraction of sp³-hybridized carbons (Fsp3) is 0.300. The second kappa shape index (κ2) is 9.47. The molecule has 0 saturated carbocycles. The smallest absolute Gasteiger partial charge is 0.277 e. The van der Waals surface area contributed by atoms with E-state index in [0.717, 1.165) is 28.9 Å². The lowest BCUT2D eigenvalue weighted by atomic mass is 10.1. The van der Waals surface area contributed by atoms with Crippen LogP contribution in [-0.2, 0) is 4.79 Å². The number of aryl methyl sites for hydroxylation is 1. The molecule has 2 aromatic carbocycles. The Bertz CT molecular complexity index is 724. The number of rotatable bonds is 8. The molecule has 1 amide bonds. The monoisotopic (exact) mass is 340 g/mol. The number of nitrogens with one attached hydrogen (secondary N) is 1. The lowest BCUT2D eigenvalue weighted by molar-refractivity contribution is -0.123. The van der Waals surface area contributed by atoms with Crippen molar-refractivity contribution in [3.63, 3.8) is 0 Å². The molecule has 0 atom stereocenters. The molecule has 0 spiro atoms. The lowest BCUT2D eigenvalue weighted by Crippen LogP contribution is -2.24. The molecule has 132 valence electrons. The molecule has 0 unspecified atom stereocenters. The molecule has 2 aromatic rings. The van der Waals surface area contributed by atoms with E-state index in [1.807, 2.05) is 56.3 Å². The second-order valence-corrected chi connectivity index (χ2v) is 5.70. The van der Waals surface area contributed by atoms with E-state index in [-0.39, 0.29) is 12.5 Å². The summed E-state index contributed by atoms with van der Waals surface area (Å²) < 4.78 is 11.0. The Morgan fingerprint density at radius 1 is 1.12 bits per heavy atom. The van der Waals surface area contributed by atoms with Crippen molar-refractivity contribution in [2.24, 2.45) is 5.10 Å². The number of benzene rings is 2. The summed E-state index contributed by atoms with van der Waals surface area (Å²) in [4.78, 5) is 11.8. The molecular formula is C20H24N2O3. The van der Waals surface area contributed by atoms with Crippen LogP contribution in [0.2, 0.25) is 0 Å². The van der Waals surface area contributed by atoms with Crippen molar-refractivity contribution in [1.82, 2.24) is 5.43 Å². The van der Waals surface area contributed by atoms with E-state index in [9.17, 15) is 4.79 Å². The van der Waals surface area contributed by atoms with E-state index in [1.54, 1.807) is 6.21 Å². The summed E-state index contributed by atoms with van der Waals surface area (Å²) in [7, 11) is 0.